The minimum absolute atomic E-state index is 0.681. The minimum Gasteiger partial charge on any atom is -0.372 e. The van der Waals surface area contributed by atoms with Crippen LogP contribution in [0.1, 0.15) is 23.9 Å². The number of rotatable bonds is 5. The second kappa shape index (κ2) is 6.73. The number of hydrogen-bond donors (Lipinski definition) is 0. The van der Waals surface area contributed by atoms with Crippen molar-refractivity contribution in [2.24, 2.45) is 0 Å². The molecule has 4 rings (SSSR count). The van der Waals surface area contributed by atoms with Gasteiger partial charge in [0.2, 0.25) is 0 Å². The Balaban J connectivity index is 1.57. The van der Waals surface area contributed by atoms with Crippen LogP contribution in [0.15, 0.2) is 67.1 Å². The summed E-state index contributed by atoms with van der Waals surface area (Å²) in [7, 11) is 0. The maximum Gasteiger partial charge on any atom is 0.199 e. The summed E-state index contributed by atoms with van der Waals surface area (Å²) in [5.74, 6) is 2.23. The number of hydrogen-bond acceptors (Lipinski definition) is 4. The van der Waals surface area contributed by atoms with Crippen LogP contribution in [-0.2, 0) is 12.8 Å². The van der Waals surface area contributed by atoms with Crippen LogP contribution in [0.3, 0.4) is 0 Å². The molecule has 0 amide bonds. The van der Waals surface area contributed by atoms with Gasteiger partial charge >= 0.3 is 0 Å². The SMILES string of the molecule is CCc1ncc2ncnc-2n1Oc1ccc(Cc2ccccc2)cc1. The monoisotopic (exact) mass is 330 g/mol. The van der Waals surface area contributed by atoms with E-state index in [4.69, 9.17) is 4.84 Å². The molecule has 0 atom stereocenters. The van der Waals surface area contributed by atoms with E-state index in [9.17, 15) is 0 Å². The fourth-order valence-corrected chi connectivity index (χ4v) is 2.76. The molecular weight excluding hydrogens is 312 g/mol. The highest BCUT2D eigenvalue weighted by molar-refractivity contribution is 5.49. The van der Waals surface area contributed by atoms with Gasteiger partial charge in [-0.25, -0.2) is 15.0 Å². The number of fused-ring (bicyclic) bond motifs is 1. The lowest BCUT2D eigenvalue weighted by Gasteiger charge is -2.15. The smallest absolute Gasteiger partial charge is 0.199 e. The van der Waals surface area contributed by atoms with Gasteiger partial charge in [-0.1, -0.05) is 49.4 Å². The Labute approximate surface area is 146 Å². The zero-order valence-corrected chi connectivity index (χ0v) is 14.0. The Kier molecular flexibility index (Phi) is 4.12. The number of nitrogens with zero attached hydrogens (tertiary/aromatic N) is 4. The van der Waals surface area contributed by atoms with E-state index in [0.717, 1.165) is 30.1 Å². The molecule has 5 nitrogen and oxygen atoms in total. The van der Waals surface area contributed by atoms with Crippen LogP contribution < -0.4 is 4.84 Å². The Morgan fingerprint density at radius 3 is 2.40 bits per heavy atom. The van der Waals surface area contributed by atoms with Gasteiger partial charge in [0.15, 0.2) is 11.6 Å². The standard InChI is InChI=1S/C20H18N4O/c1-2-19-21-13-18-20(23-14-22-18)24(19)25-17-10-8-16(9-11-17)12-15-6-4-3-5-7-15/h3-11,13-14H,2,12H2,1H3. The van der Waals surface area contributed by atoms with Gasteiger partial charge in [0.25, 0.3) is 0 Å². The van der Waals surface area contributed by atoms with Crippen LogP contribution >= 0.6 is 0 Å². The fourth-order valence-electron chi connectivity index (χ4n) is 2.76. The van der Waals surface area contributed by atoms with E-state index in [1.807, 2.05) is 25.1 Å². The van der Waals surface area contributed by atoms with E-state index in [1.54, 1.807) is 10.9 Å². The van der Waals surface area contributed by atoms with Crippen LogP contribution in [0.4, 0.5) is 0 Å². The highest BCUT2D eigenvalue weighted by atomic mass is 16.7. The predicted molar refractivity (Wildman–Crippen MR) is 95.5 cm³/mol. The molecule has 0 unspecified atom stereocenters. The lowest BCUT2D eigenvalue weighted by Crippen LogP contribution is -2.16. The van der Waals surface area contributed by atoms with Gasteiger partial charge in [-0.3, -0.25) is 0 Å². The molecule has 0 aromatic heterocycles. The summed E-state index contributed by atoms with van der Waals surface area (Å²) >= 11 is 0. The maximum atomic E-state index is 6.03. The highest BCUT2D eigenvalue weighted by Gasteiger charge is 2.16. The van der Waals surface area contributed by atoms with Crippen LogP contribution in [0, 0.1) is 0 Å². The molecule has 0 fully saturated rings. The number of imidazole rings is 1. The average Bonchev–Trinajstić information content (AvgIpc) is 3.13. The first-order valence-electron chi connectivity index (χ1n) is 8.32. The van der Waals surface area contributed by atoms with Crippen LogP contribution in [0.2, 0.25) is 0 Å². The zero-order valence-electron chi connectivity index (χ0n) is 14.0. The Morgan fingerprint density at radius 1 is 0.880 bits per heavy atom. The van der Waals surface area contributed by atoms with Crippen molar-refractivity contribution in [2.45, 2.75) is 19.8 Å². The molecule has 2 aromatic rings. The largest absolute Gasteiger partial charge is 0.372 e. The van der Waals surface area contributed by atoms with Gasteiger partial charge in [-0.05, 0) is 29.7 Å². The van der Waals surface area contributed by atoms with E-state index in [-0.39, 0.29) is 0 Å². The first-order valence-corrected chi connectivity index (χ1v) is 8.32. The van der Waals surface area contributed by atoms with Crippen molar-refractivity contribution < 1.29 is 4.84 Å². The third kappa shape index (κ3) is 3.21. The molecule has 2 aromatic carbocycles. The van der Waals surface area contributed by atoms with Crippen molar-refractivity contribution in [3.05, 3.63) is 84.1 Å². The summed E-state index contributed by atoms with van der Waals surface area (Å²) in [5, 5.41) is 0. The molecule has 5 heteroatoms. The van der Waals surface area contributed by atoms with E-state index >= 15 is 0 Å². The molecule has 2 aliphatic rings. The molecule has 0 saturated heterocycles. The minimum atomic E-state index is 0.681. The third-order valence-corrected chi connectivity index (χ3v) is 4.06. The molecular formula is C20H18N4O. The molecule has 25 heavy (non-hydrogen) atoms. The Morgan fingerprint density at radius 2 is 1.64 bits per heavy atom. The van der Waals surface area contributed by atoms with E-state index in [2.05, 4.69) is 51.4 Å². The van der Waals surface area contributed by atoms with Gasteiger partial charge < -0.3 is 4.84 Å². The molecule has 124 valence electrons. The van der Waals surface area contributed by atoms with Crippen molar-refractivity contribution in [1.82, 2.24) is 19.7 Å². The van der Waals surface area contributed by atoms with Crippen LogP contribution in [0.5, 0.6) is 5.75 Å². The number of aromatic nitrogens is 4. The molecule has 2 heterocycles. The van der Waals surface area contributed by atoms with Crippen molar-refractivity contribution in [2.75, 3.05) is 0 Å². The van der Waals surface area contributed by atoms with Gasteiger partial charge in [-0.2, -0.15) is 0 Å². The molecule has 2 aliphatic heterocycles. The first kappa shape index (κ1) is 15.3. The Hall–Kier alpha value is -3.21. The molecule has 0 radical (unpaired) electrons. The predicted octanol–water partition coefficient (Wildman–Crippen LogP) is 3.77. The molecule has 0 saturated carbocycles. The van der Waals surface area contributed by atoms with Gasteiger partial charge in [-0.15, -0.1) is 4.73 Å². The molecule has 0 aliphatic carbocycles. The average molecular weight is 330 g/mol. The van der Waals surface area contributed by atoms with Crippen LogP contribution in [0.25, 0.3) is 11.5 Å². The van der Waals surface area contributed by atoms with Gasteiger partial charge in [0.05, 0.1) is 6.20 Å². The molecule has 0 bridgehead atoms. The lowest BCUT2D eigenvalue weighted by molar-refractivity contribution is 0.202. The summed E-state index contributed by atoms with van der Waals surface area (Å²) in [5.41, 5.74) is 3.25. The second-order valence-electron chi connectivity index (χ2n) is 5.80. The zero-order chi connectivity index (χ0) is 17.1. The number of aryl methyl sites for hydroxylation is 1. The third-order valence-electron chi connectivity index (χ3n) is 4.06. The highest BCUT2D eigenvalue weighted by Crippen LogP contribution is 2.21. The molecule has 0 N–H and O–H groups in total. The van der Waals surface area contributed by atoms with E-state index in [0.29, 0.717) is 5.82 Å². The summed E-state index contributed by atoms with van der Waals surface area (Å²) in [6.45, 7) is 2.04. The summed E-state index contributed by atoms with van der Waals surface area (Å²) in [6, 6.07) is 18.5. The number of benzene rings is 2. The summed E-state index contributed by atoms with van der Waals surface area (Å²) in [4.78, 5) is 18.9. The van der Waals surface area contributed by atoms with E-state index in [1.165, 1.54) is 17.5 Å². The van der Waals surface area contributed by atoms with Crippen molar-refractivity contribution in [3.63, 3.8) is 0 Å². The maximum absolute atomic E-state index is 6.03. The first-order chi connectivity index (χ1) is 12.3. The van der Waals surface area contributed by atoms with E-state index < -0.39 is 0 Å². The van der Waals surface area contributed by atoms with Crippen molar-refractivity contribution in [3.8, 4) is 17.3 Å². The molecule has 0 spiro atoms. The van der Waals surface area contributed by atoms with Crippen molar-refractivity contribution >= 4 is 0 Å². The van der Waals surface area contributed by atoms with Crippen molar-refractivity contribution in [1.29, 1.82) is 0 Å². The summed E-state index contributed by atoms with van der Waals surface area (Å²) in [6.07, 6.45) is 4.90. The summed E-state index contributed by atoms with van der Waals surface area (Å²) < 4.78 is 1.66. The lowest BCUT2D eigenvalue weighted by atomic mass is 10.1. The second-order valence-corrected chi connectivity index (χ2v) is 5.80. The normalized spacial score (nSPS) is 10.9. The topological polar surface area (TPSA) is 52.8 Å². The Bertz CT molecular complexity index is 932. The van der Waals surface area contributed by atoms with Gasteiger partial charge in [0.1, 0.15) is 17.8 Å². The van der Waals surface area contributed by atoms with Gasteiger partial charge in [0, 0.05) is 6.42 Å². The quantitative estimate of drug-likeness (QED) is 0.559. The van der Waals surface area contributed by atoms with Crippen LogP contribution in [-0.4, -0.2) is 19.7 Å². The fraction of sp³-hybridized carbons (Fsp3) is 0.150.